The highest BCUT2D eigenvalue weighted by Gasteiger charge is 2.29. The van der Waals surface area contributed by atoms with E-state index in [1.165, 1.54) is 76.2 Å². The van der Waals surface area contributed by atoms with Gasteiger partial charge in [-0.3, -0.25) is 5.10 Å². The van der Waals surface area contributed by atoms with E-state index in [0.29, 0.717) is 0 Å². The molecule has 0 saturated heterocycles. The number of H-pyrrole nitrogens is 1. The summed E-state index contributed by atoms with van der Waals surface area (Å²) in [5, 5.41) is 7.22. The van der Waals surface area contributed by atoms with Gasteiger partial charge in [0.15, 0.2) is 0 Å². The fourth-order valence-electron chi connectivity index (χ4n) is 3.32. The second-order valence-corrected chi connectivity index (χ2v) is 6.83. The molecule has 0 aromatic carbocycles. The van der Waals surface area contributed by atoms with Crippen LogP contribution in [0.25, 0.3) is 0 Å². The zero-order chi connectivity index (χ0) is 16.3. The molecule has 0 aliphatic carbocycles. The molecule has 124 valence electrons. The Hall–Kier alpha value is -1.23. The van der Waals surface area contributed by atoms with Gasteiger partial charge >= 0.3 is 0 Å². The van der Waals surface area contributed by atoms with E-state index in [0.717, 1.165) is 5.69 Å². The molecule has 1 unspecified atom stereocenters. The van der Waals surface area contributed by atoms with Gasteiger partial charge in [-0.05, 0) is 24.2 Å². The summed E-state index contributed by atoms with van der Waals surface area (Å²) in [6.07, 6.45) is 22.0. The van der Waals surface area contributed by atoms with E-state index in [1.54, 1.807) is 0 Å². The van der Waals surface area contributed by atoms with Gasteiger partial charge in [-0.1, -0.05) is 78.6 Å². The van der Waals surface area contributed by atoms with Crippen LogP contribution in [0.2, 0.25) is 0 Å². The molecule has 0 amide bonds. The van der Waals surface area contributed by atoms with Crippen molar-refractivity contribution in [2.75, 3.05) is 0 Å². The quantitative estimate of drug-likeness (QED) is 0.373. The van der Waals surface area contributed by atoms with E-state index >= 15 is 0 Å². The van der Waals surface area contributed by atoms with Crippen molar-refractivity contribution in [2.24, 2.45) is 0 Å². The van der Waals surface area contributed by atoms with Crippen LogP contribution in [0.5, 0.6) is 0 Å². The van der Waals surface area contributed by atoms with Gasteiger partial charge in [0.25, 0.3) is 0 Å². The fourth-order valence-corrected chi connectivity index (χ4v) is 3.32. The molecule has 1 aromatic heterocycles. The van der Waals surface area contributed by atoms with E-state index in [4.69, 9.17) is 6.42 Å². The molecule has 1 heterocycles. The summed E-state index contributed by atoms with van der Waals surface area (Å²) in [6, 6.07) is 0. The van der Waals surface area contributed by atoms with E-state index in [-0.39, 0.29) is 5.41 Å². The largest absolute Gasteiger partial charge is 0.284 e. The smallest absolute Gasteiger partial charge is 0.138 e. The third-order valence-electron chi connectivity index (χ3n) is 4.84. The van der Waals surface area contributed by atoms with E-state index < -0.39 is 0 Å². The van der Waals surface area contributed by atoms with Crippen molar-refractivity contribution in [1.82, 2.24) is 10.2 Å². The highest BCUT2D eigenvalue weighted by atomic mass is 15.1. The first kappa shape index (κ1) is 18.8. The summed E-state index contributed by atoms with van der Waals surface area (Å²) in [4.78, 5) is 0. The average Bonchev–Trinajstić information content (AvgIpc) is 3.01. The third kappa shape index (κ3) is 5.87. The lowest BCUT2D eigenvalue weighted by Crippen LogP contribution is -2.22. The molecule has 0 fully saturated rings. The molecule has 22 heavy (non-hydrogen) atoms. The molecule has 0 aliphatic heterocycles. The normalized spacial score (nSPS) is 13.7. The molecule has 0 radical (unpaired) electrons. The lowest BCUT2D eigenvalue weighted by molar-refractivity contribution is 0.363. The summed E-state index contributed by atoms with van der Waals surface area (Å²) in [6.45, 7) is 6.91. The lowest BCUT2D eigenvalue weighted by Gasteiger charge is -2.29. The molecular weight excluding hydrogens is 268 g/mol. The molecular formula is C20H34N2. The van der Waals surface area contributed by atoms with Crippen LogP contribution in [0.3, 0.4) is 0 Å². The maximum absolute atomic E-state index is 5.63. The Labute approximate surface area is 137 Å². The van der Waals surface area contributed by atoms with Crippen LogP contribution in [0.1, 0.15) is 103 Å². The number of unbranched alkanes of at least 4 members (excludes halogenated alkanes) is 7. The Morgan fingerprint density at radius 3 is 2.09 bits per heavy atom. The van der Waals surface area contributed by atoms with Gasteiger partial charge in [-0.15, -0.1) is 6.42 Å². The summed E-state index contributed by atoms with van der Waals surface area (Å²) >= 11 is 0. The first-order chi connectivity index (χ1) is 10.7. The minimum Gasteiger partial charge on any atom is -0.284 e. The van der Waals surface area contributed by atoms with Gasteiger partial charge in [-0.2, -0.15) is 5.10 Å². The lowest BCUT2D eigenvalue weighted by atomic mass is 9.74. The van der Waals surface area contributed by atoms with E-state index in [9.17, 15) is 0 Å². The molecule has 2 nitrogen and oxygen atoms in total. The number of nitrogens with zero attached hydrogens (tertiary/aromatic N) is 1. The van der Waals surface area contributed by atoms with Crippen molar-refractivity contribution >= 4 is 0 Å². The van der Waals surface area contributed by atoms with Crippen LogP contribution in [-0.4, -0.2) is 10.2 Å². The Bertz CT molecular complexity index is 441. The number of hydrogen-bond donors (Lipinski definition) is 1. The molecule has 1 N–H and O–H groups in total. The Kier molecular flexibility index (Phi) is 8.97. The van der Waals surface area contributed by atoms with E-state index in [1.807, 2.05) is 6.20 Å². The Balaban J connectivity index is 2.65. The standard InChI is InChI=1S/C20H34N2/c1-5-8-10-12-14-16-20(4,15-13-11-9-6-2)18-17-21-22-19(18)7-3/h3,17H,5-6,8-16H2,1-2,4H3,(H,21,22). The maximum Gasteiger partial charge on any atom is 0.138 e. The van der Waals surface area contributed by atoms with Gasteiger partial charge in [0.05, 0.1) is 0 Å². The van der Waals surface area contributed by atoms with Crippen LogP contribution in [0.15, 0.2) is 6.20 Å². The highest BCUT2D eigenvalue weighted by Crippen LogP contribution is 2.36. The van der Waals surface area contributed by atoms with Gasteiger partial charge in [-0.25, -0.2) is 0 Å². The van der Waals surface area contributed by atoms with Crippen molar-refractivity contribution in [3.8, 4) is 12.3 Å². The van der Waals surface area contributed by atoms with Crippen molar-refractivity contribution in [1.29, 1.82) is 0 Å². The molecule has 1 aromatic rings. The zero-order valence-corrected chi connectivity index (χ0v) is 14.9. The molecule has 0 aliphatic rings. The van der Waals surface area contributed by atoms with Gasteiger partial charge in [0, 0.05) is 11.8 Å². The van der Waals surface area contributed by atoms with Crippen molar-refractivity contribution in [3.63, 3.8) is 0 Å². The second kappa shape index (κ2) is 10.5. The number of aromatic amines is 1. The topological polar surface area (TPSA) is 28.7 Å². The first-order valence-electron chi connectivity index (χ1n) is 9.18. The Morgan fingerprint density at radius 2 is 1.55 bits per heavy atom. The van der Waals surface area contributed by atoms with Crippen LogP contribution in [-0.2, 0) is 5.41 Å². The molecule has 0 saturated carbocycles. The monoisotopic (exact) mass is 302 g/mol. The van der Waals surface area contributed by atoms with E-state index in [2.05, 4.69) is 36.9 Å². The number of aromatic nitrogens is 2. The number of hydrogen-bond acceptors (Lipinski definition) is 1. The molecule has 2 heteroatoms. The minimum atomic E-state index is 0.175. The number of rotatable bonds is 12. The average molecular weight is 303 g/mol. The predicted molar refractivity (Wildman–Crippen MR) is 96.0 cm³/mol. The van der Waals surface area contributed by atoms with Crippen molar-refractivity contribution in [2.45, 2.75) is 96.8 Å². The summed E-state index contributed by atoms with van der Waals surface area (Å²) < 4.78 is 0. The first-order valence-corrected chi connectivity index (χ1v) is 9.18. The van der Waals surface area contributed by atoms with Gasteiger partial charge in [0.1, 0.15) is 5.69 Å². The third-order valence-corrected chi connectivity index (χ3v) is 4.84. The maximum atomic E-state index is 5.63. The molecule has 0 spiro atoms. The number of terminal acetylenes is 1. The minimum absolute atomic E-state index is 0.175. The molecule has 1 rings (SSSR count). The highest BCUT2D eigenvalue weighted by molar-refractivity contribution is 5.37. The summed E-state index contributed by atoms with van der Waals surface area (Å²) in [5.41, 5.74) is 2.24. The van der Waals surface area contributed by atoms with Crippen LogP contribution in [0, 0.1) is 12.3 Å². The zero-order valence-electron chi connectivity index (χ0n) is 14.9. The van der Waals surface area contributed by atoms with Gasteiger partial charge < -0.3 is 0 Å². The van der Waals surface area contributed by atoms with Gasteiger partial charge in [0.2, 0.25) is 0 Å². The second-order valence-electron chi connectivity index (χ2n) is 6.83. The van der Waals surface area contributed by atoms with Crippen molar-refractivity contribution in [3.05, 3.63) is 17.5 Å². The molecule has 1 atom stereocenters. The number of nitrogens with one attached hydrogen (secondary N) is 1. The summed E-state index contributed by atoms with van der Waals surface area (Å²) in [7, 11) is 0. The fraction of sp³-hybridized carbons (Fsp3) is 0.750. The predicted octanol–water partition coefficient (Wildman–Crippen LogP) is 5.98. The van der Waals surface area contributed by atoms with Crippen LogP contribution in [0.4, 0.5) is 0 Å². The summed E-state index contributed by atoms with van der Waals surface area (Å²) in [5.74, 6) is 2.75. The SMILES string of the molecule is C#Cc1n[nH]cc1C(C)(CCCCCC)CCCCCCC. The molecule has 0 bridgehead atoms. The van der Waals surface area contributed by atoms with Crippen LogP contribution >= 0.6 is 0 Å². The Morgan fingerprint density at radius 1 is 1.00 bits per heavy atom. The van der Waals surface area contributed by atoms with Crippen LogP contribution < -0.4 is 0 Å². The van der Waals surface area contributed by atoms with Crippen molar-refractivity contribution < 1.29 is 0 Å².